The van der Waals surface area contributed by atoms with Crippen LogP contribution >= 0.6 is 0 Å². The number of carbonyl (C=O) groups is 2. The first-order valence-corrected chi connectivity index (χ1v) is 8.40. The summed E-state index contributed by atoms with van der Waals surface area (Å²) in [6.45, 7) is 6.52. The Morgan fingerprint density at radius 2 is 1.54 bits per heavy atom. The first kappa shape index (κ1) is 19.5. The third kappa shape index (κ3) is 4.63. The van der Waals surface area contributed by atoms with E-state index < -0.39 is 11.7 Å². The molecule has 0 fully saturated rings. The van der Waals surface area contributed by atoms with E-state index in [4.69, 9.17) is 9.47 Å². The highest BCUT2D eigenvalue weighted by Gasteiger charge is 2.18. The molecule has 1 amide bonds. The molecule has 0 heterocycles. The van der Waals surface area contributed by atoms with Gasteiger partial charge in [-0.15, -0.1) is 0 Å². The Hall–Kier alpha value is -2.82. The Kier molecular flexibility index (Phi) is 6.03. The third-order valence-corrected chi connectivity index (χ3v) is 4.12. The van der Waals surface area contributed by atoms with Crippen LogP contribution < -0.4 is 14.8 Å². The first-order valence-electron chi connectivity index (χ1n) is 8.40. The molecule has 0 saturated carbocycles. The van der Waals surface area contributed by atoms with Crippen molar-refractivity contribution in [1.82, 2.24) is 5.32 Å². The van der Waals surface area contributed by atoms with Gasteiger partial charge in [-0.25, -0.2) is 0 Å². The molecule has 2 aromatic carbocycles. The number of methoxy groups -OCH3 is 2. The van der Waals surface area contributed by atoms with Crippen molar-refractivity contribution in [2.45, 2.75) is 32.7 Å². The number of rotatable bonds is 6. The number of hydrogen-bond acceptors (Lipinski definition) is 4. The van der Waals surface area contributed by atoms with E-state index in [1.54, 1.807) is 38.5 Å². The fraction of sp³-hybridized carbons (Fsp3) is 0.333. The summed E-state index contributed by atoms with van der Waals surface area (Å²) in [7, 11) is 3.11. The zero-order valence-electron chi connectivity index (χ0n) is 15.9. The lowest BCUT2D eigenvalue weighted by Crippen LogP contribution is -2.30. The second-order valence-electron chi connectivity index (χ2n) is 7.03. The van der Waals surface area contributed by atoms with E-state index in [0.29, 0.717) is 17.1 Å². The van der Waals surface area contributed by atoms with Crippen LogP contribution in [-0.4, -0.2) is 25.9 Å². The molecule has 26 heavy (non-hydrogen) atoms. The van der Waals surface area contributed by atoms with Gasteiger partial charge in [-0.3, -0.25) is 9.59 Å². The molecular weight excluding hydrogens is 330 g/mol. The van der Waals surface area contributed by atoms with Crippen LogP contribution in [0.2, 0.25) is 0 Å². The quantitative estimate of drug-likeness (QED) is 0.636. The number of ether oxygens (including phenoxy) is 2. The van der Waals surface area contributed by atoms with Crippen molar-refractivity contribution in [3.05, 3.63) is 59.2 Å². The van der Waals surface area contributed by atoms with Gasteiger partial charge in [0.2, 0.25) is 5.78 Å². The number of benzene rings is 2. The number of nitrogens with one attached hydrogen (secondary N) is 1. The van der Waals surface area contributed by atoms with Gasteiger partial charge in [0.1, 0.15) is 0 Å². The van der Waals surface area contributed by atoms with Crippen molar-refractivity contribution in [1.29, 1.82) is 0 Å². The molecule has 0 aromatic heterocycles. The second kappa shape index (κ2) is 8.04. The molecule has 5 heteroatoms. The Labute approximate surface area is 154 Å². The SMILES string of the molecule is COc1ccc(CNC(=O)C(=O)c2ccc(C(C)(C)C)cc2)cc1OC. The molecule has 0 saturated heterocycles. The number of amides is 1. The summed E-state index contributed by atoms with van der Waals surface area (Å²) in [5, 5.41) is 2.65. The van der Waals surface area contributed by atoms with Crippen LogP contribution in [0.3, 0.4) is 0 Å². The molecule has 0 bridgehead atoms. The van der Waals surface area contributed by atoms with Crippen LogP contribution in [-0.2, 0) is 16.8 Å². The van der Waals surface area contributed by atoms with Crippen LogP contribution in [0.15, 0.2) is 42.5 Å². The van der Waals surface area contributed by atoms with Gasteiger partial charge in [0.15, 0.2) is 11.5 Å². The Morgan fingerprint density at radius 3 is 2.08 bits per heavy atom. The average molecular weight is 355 g/mol. The van der Waals surface area contributed by atoms with Crippen LogP contribution in [0.4, 0.5) is 0 Å². The van der Waals surface area contributed by atoms with Gasteiger partial charge in [-0.1, -0.05) is 51.1 Å². The minimum atomic E-state index is -0.636. The average Bonchev–Trinajstić information content (AvgIpc) is 2.64. The van der Waals surface area contributed by atoms with E-state index in [-0.39, 0.29) is 12.0 Å². The maximum atomic E-state index is 12.3. The topological polar surface area (TPSA) is 64.6 Å². The van der Waals surface area contributed by atoms with Gasteiger partial charge >= 0.3 is 0 Å². The van der Waals surface area contributed by atoms with Crippen LogP contribution in [0.1, 0.15) is 42.3 Å². The van der Waals surface area contributed by atoms with E-state index in [2.05, 4.69) is 26.1 Å². The molecule has 0 aliphatic heterocycles. The molecule has 0 aliphatic carbocycles. The lowest BCUT2D eigenvalue weighted by molar-refractivity contribution is -0.117. The summed E-state index contributed by atoms with van der Waals surface area (Å²) in [4.78, 5) is 24.5. The standard InChI is InChI=1S/C21H25NO4/c1-21(2,3)16-9-7-15(8-10-16)19(23)20(24)22-13-14-6-11-17(25-4)18(12-14)26-5/h6-12H,13H2,1-5H3,(H,22,24). The van der Waals surface area contributed by atoms with E-state index in [1.807, 2.05) is 18.2 Å². The Balaban J connectivity index is 2.02. The molecule has 0 aliphatic rings. The molecule has 5 nitrogen and oxygen atoms in total. The maximum Gasteiger partial charge on any atom is 0.292 e. The summed E-state index contributed by atoms with van der Waals surface area (Å²) in [5.41, 5.74) is 2.30. The lowest BCUT2D eigenvalue weighted by atomic mass is 9.86. The predicted molar refractivity (Wildman–Crippen MR) is 101 cm³/mol. The van der Waals surface area contributed by atoms with Gasteiger partial charge in [0.25, 0.3) is 5.91 Å². The van der Waals surface area contributed by atoms with E-state index in [1.165, 1.54) is 0 Å². The van der Waals surface area contributed by atoms with Crippen molar-refractivity contribution in [3.8, 4) is 11.5 Å². The smallest absolute Gasteiger partial charge is 0.292 e. The summed E-state index contributed by atoms with van der Waals surface area (Å²) in [6, 6.07) is 12.5. The number of hydrogen-bond donors (Lipinski definition) is 1. The zero-order chi connectivity index (χ0) is 19.3. The molecule has 0 unspecified atom stereocenters. The number of Topliss-reactive ketones (excluding diaryl/α,β-unsaturated/α-hetero) is 1. The van der Waals surface area contributed by atoms with Gasteiger partial charge in [-0.05, 0) is 28.7 Å². The van der Waals surface area contributed by atoms with Crippen molar-refractivity contribution in [3.63, 3.8) is 0 Å². The summed E-state index contributed by atoms with van der Waals surface area (Å²) >= 11 is 0. The fourth-order valence-electron chi connectivity index (χ4n) is 2.51. The molecule has 138 valence electrons. The van der Waals surface area contributed by atoms with Crippen LogP contribution in [0.5, 0.6) is 11.5 Å². The minimum Gasteiger partial charge on any atom is -0.493 e. The monoisotopic (exact) mass is 355 g/mol. The molecule has 0 atom stereocenters. The Bertz CT molecular complexity index is 789. The highest BCUT2D eigenvalue weighted by molar-refractivity contribution is 6.42. The van der Waals surface area contributed by atoms with Crippen LogP contribution in [0, 0.1) is 0 Å². The predicted octanol–water partition coefficient (Wildman–Crippen LogP) is 3.50. The molecule has 0 radical (unpaired) electrons. The molecular formula is C21H25NO4. The van der Waals surface area contributed by atoms with E-state index in [0.717, 1.165) is 11.1 Å². The Morgan fingerprint density at radius 1 is 0.923 bits per heavy atom. The molecule has 2 rings (SSSR count). The normalized spacial score (nSPS) is 11.0. The van der Waals surface area contributed by atoms with E-state index >= 15 is 0 Å². The summed E-state index contributed by atoms with van der Waals surface area (Å²) < 4.78 is 10.4. The highest BCUT2D eigenvalue weighted by atomic mass is 16.5. The lowest BCUT2D eigenvalue weighted by Gasteiger charge is -2.18. The second-order valence-corrected chi connectivity index (χ2v) is 7.03. The van der Waals surface area contributed by atoms with Gasteiger partial charge < -0.3 is 14.8 Å². The minimum absolute atomic E-state index is 0.00272. The number of carbonyl (C=O) groups excluding carboxylic acids is 2. The van der Waals surface area contributed by atoms with Gasteiger partial charge in [0, 0.05) is 12.1 Å². The fourth-order valence-corrected chi connectivity index (χ4v) is 2.51. The van der Waals surface area contributed by atoms with E-state index in [9.17, 15) is 9.59 Å². The van der Waals surface area contributed by atoms with Crippen molar-refractivity contribution < 1.29 is 19.1 Å². The largest absolute Gasteiger partial charge is 0.493 e. The summed E-state index contributed by atoms with van der Waals surface area (Å²) in [5.74, 6) is -0.00448. The summed E-state index contributed by atoms with van der Waals surface area (Å²) in [6.07, 6.45) is 0. The third-order valence-electron chi connectivity index (χ3n) is 4.12. The van der Waals surface area contributed by atoms with Gasteiger partial charge in [0.05, 0.1) is 14.2 Å². The molecule has 2 aromatic rings. The highest BCUT2D eigenvalue weighted by Crippen LogP contribution is 2.27. The molecule has 0 spiro atoms. The maximum absolute atomic E-state index is 12.3. The van der Waals surface area contributed by atoms with Crippen molar-refractivity contribution in [2.75, 3.05) is 14.2 Å². The molecule has 1 N–H and O–H groups in total. The van der Waals surface area contributed by atoms with Crippen molar-refractivity contribution in [2.24, 2.45) is 0 Å². The van der Waals surface area contributed by atoms with Crippen molar-refractivity contribution >= 4 is 11.7 Å². The zero-order valence-corrected chi connectivity index (χ0v) is 15.9. The first-order chi connectivity index (χ1) is 12.3. The number of ketones is 1. The van der Waals surface area contributed by atoms with Gasteiger partial charge in [-0.2, -0.15) is 0 Å². The van der Waals surface area contributed by atoms with Crippen LogP contribution in [0.25, 0.3) is 0 Å².